The van der Waals surface area contributed by atoms with E-state index in [1.165, 1.54) is 19.2 Å². The predicted octanol–water partition coefficient (Wildman–Crippen LogP) is 3.05. The van der Waals surface area contributed by atoms with Crippen LogP contribution in [0.4, 0.5) is 9.18 Å². The summed E-state index contributed by atoms with van der Waals surface area (Å²) in [5.41, 5.74) is 1.77. The SMILES string of the molecule is COC(=O)Cn1cc(/C=C2/NC(=O)N(Cc3ccccc3F)C2=O)c2ccccc21. The van der Waals surface area contributed by atoms with E-state index >= 15 is 0 Å². The molecule has 1 N–H and O–H groups in total. The lowest BCUT2D eigenvalue weighted by atomic mass is 10.1. The average Bonchev–Trinajstić information content (AvgIpc) is 3.22. The largest absolute Gasteiger partial charge is 0.468 e. The van der Waals surface area contributed by atoms with Crippen molar-refractivity contribution in [3.8, 4) is 0 Å². The molecule has 1 saturated heterocycles. The molecular weight excluding hydrogens is 389 g/mol. The second kappa shape index (κ2) is 7.82. The van der Waals surface area contributed by atoms with Crippen molar-refractivity contribution < 1.29 is 23.5 Å². The first kappa shape index (κ1) is 19.4. The Hall–Kier alpha value is -3.94. The number of carbonyl (C=O) groups excluding carboxylic acids is 3. The van der Waals surface area contributed by atoms with E-state index in [1.54, 1.807) is 29.0 Å². The lowest BCUT2D eigenvalue weighted by Gasteiger charge is -2.12. The molecular formula is C22H18FN3O4. The number of aromatic nitrogens is 1. The van der Waals surface area contributed by atoms with Crippen molar-refractivity contribution in [1.82, 2.24) is 14.8 Å². The number of carbonyl (C=O) groups is 3. The molecule has 4 rings (SSSR count). The first-order chi connectivity index (χ1) is 14.5. The third-order valence-corrected chi connectivity index (χ3v) is 4.89. The highest BCUT2D eigenvalue weighted by Gasteiger charge is 2.34. The Kier molecular flexibility index (Phi) is 5.05. The van der Waals surface area contributed by atoms with Crippen LogP contribution in [-0.2, 0) is 27.4 Å². The highest BCUT2D eigenvalue weighted by molar-refractivity contribution is 6.14. The predicted molar refractivity (Wildman–Crippen MR) is 107 cm³/mol. The van der Waals surface area contributed by atoms with Gasteiger partial charge in [0.05, 0.1) is 13.7 Å². The molecule has 2 heterocycles. The lowest BCUT2D eigenvalue weighted by molar-refractivity contribution is -0.141. The van der Waals surface area contributed by atoms with Crippen LogP contribution >= 0.6 is 0 Å². The zero-order valence-electron chi connectivity index (χ0n) is 16.1. The van der Waals surface area contributed by atoms with Crippen molar-refractivity contribution in [2.45, 2.75) is 13.1 Å². The summed E-state index contributed by atoms with van der Waals surface area (Å²) in [6.07, 6.45) is 3.27. The number of nitrogens with one attached hydrogen (secondary N) is 1. The number of benzene rings is 2. The molecule has 0 unspecified atom stereocenters. The number of rotatable bonds is 5. The fraction of sp³-hybridized carbons (Fsp3) is 0.136. The summed E-state index contributed by atoms with van der Waals surface area (Å²) in [5.74, 6) is -1.44. The number of fused-ring (bicyclic) bond motifs is 1. The average molecular weight is 407 g/mol. The van der Waals surface area contributed by atoms with Crippen molar-refractivity contribution in [2.24, 2.45) is 0 Å². The third-order valence-electron chi connectivity index (χ3n) is 4.89. The van der Waals surface area contributed by atoms with Gasteiger partial charge in [-0.15, -0.1) is 0 Å². The molecule has 0 saturated carbocycles. The topological polar surface area (TPSA) is 80.6 Å². The van der Waals surface area contributed by atoms with E-state index in [0.717, 1.165) is 15.8 Å². The molecule has 1 fully saturated rings. The first-order valence-corrected chi connectivity index (χ1v) is 9.20. The van der Waals surface area contributed by atoms with Gasteiger partial charge in [0.25, 0.3) is 5.91 Å². The van der Waals surface area contributed by atoms with E-state index < -0.39 is 23.7 Å². The van der Waals surface area contributed by atoms with Crippen LogP contribution in [0, 0.1) is 5.82 Å². The summed E-state index contributed by atoms with van der Waals surface area (Å²) < 4.78 is 20.4. The molecule has 3 amide bonds. The highest BCUT2D eigenvalue weighted by Crippen LogP contribution is 2.25. The third kappa shape index (κ3) is 3.55. The minimum atomic E-state index is -0.618. The summed E-state index contributed by atoms with van der Waals surface area (Å²) in [4.78, 5) is 37.8. The quantitative estimate of drug-likeness (QED) is 0.401. The maximum absolute atomic E-state index is 13.9. The van der Waals surface area contributed by atoms with Crippen molar-refractivity contribution in [2.75, 3.05) is 7.11 Å². The zero-order chi connectivity index (χ0) is 21.3. The van der Waals surface area contributed by atoms with Gasteiger partial charge in [0.15, 0.2) is 0 Å². The highest BCUT2D eigenvalue weighted by atomic mass is 19.1. The molecule has 0 bridgehead atoms. The van der Waals surface area contributed by atoms with Crippen molar-refractivity contribution in [3.63, 3.8) is 0 Å². The number of esters is 1. The molecule has 0 aliphatic carbocycles. The Morgan fingerprint density at radius 2 is 1.87 bits per heavy atom. The molecule has 1 aromatic heterocycles. The first-order valence-electron chi connectivity index (χ1n) is 9.20. The second-order valence-corrected chi connectivity index (χ2v) is 6.78. The number of urea groups is 1. The molecule has 7 nitrogen and oxygen atoms in total. The summed E-state index contributed by atoms with van der Waals surface area (Å²) in [7, 11) is 1.31. The van der Waals surface area contributed by atoms with Gasteiger partial charge in [0, 0.05) is 28.2 Å². The molecule has 30 heavy (non-hydrogen) atoms. The number of para-hydroxylation sites is 1. The van der Waals surface area contributed by atoms with Gasteiger partial charge in [-0.25, -0.2) is 9.18 Å². The van der Waals surface area contributed by atoms with E-state index in [9.17, 15) is 18.8 Å². The van der Waals surface area contributed by atoms with E-state index in [-0.39, 0.29) is 24.4 Å². The van der Waals surface area contributed by atoms with E-state index in [1.807, 2.05) is 24.3 Å². The van der Waals surface area contributed by atoms with Crippen LogP contribution in [0.3, 0.4) is 0 Å². The summed E-state index contributed by atoms with van der Waals surface area (Å²) in [6, 6.07) is 12.8. The number of ether oxygens (including phenoxy) is 1. The molecule has 8 heteroatoms. The molecule has 2 aromatic carbocycles. The van der Waals surface area contributed by atoms with Gasteiger partial charge in [-0.2, -0.15) is 0 Å². The monoisotopic (exact) mass is 407 g/mol. The Morgan fingerprint density at radius 3 is 2.63 bits per heavy atom. The normalized spacial score (nSPS) is 15.1. The van der Waals surface area contributed by atoms with Crippen LogP contribution in [0.1, 0.15) is 11.1 Å². The van der Waals surface area contributed by atoms with Crippen LogP contribution in [-0.4, -0.2) is 34.5 Å². The van der Waals surface area contributed by atoms with Crippen LogP contribution in [0.5, 0.6) is 0 Å². The Balaban J connectivity index is 1.66. The number of hydrogen-bond acceptors (Lipinski definition) is 4. The van der Waals surface area contributed by atoms with Gasteiger partial charge >= 0.3 is 12.0 Å². The Morgan fingerprint density at radius 1 is 1.13 bits per heavy atom. The Bertz CT molecular complexity index is 1200. The molecule has 152 valence electrons. The standard InChI is InChI=1S/C22H18FN3O4/c1-30-20(27)13-25-11-15(16-7-3-5-9-19(16)25)10-18-21(28)26(22(29)24-18)12-14-6-2-4-8-17(14)23/h2-11H,12-13H2,1H3,(H,24,29)/b18-10+. The molecule has 1 aliphatic rings. The maximum atomic E-state index is 13.9. The summed E-state index contributed by atoms with van der Waals surface area (Å²) in [6.45, 7) is -0.154. The molecule has 0 spiro atoms. The fourth-order valence-corrected chi connectivity index (χ4v) is 3.39. The molecule has 3 aromatic rings. The zero-order valence-corrected chi connectivity index (χ0v) is 16.1. The molecule has 0 atom stereocenters. The van der Waals surface area contributed by atoms with E-state index in [2.05, 4.69) is 5.32 Å². The van der Waals surface area contributed by atoms with Crippen molar-refractivity contribution in [1.29, 1.82) is 0 Å². The van der Waals surface area contributed by atoms with Gasteiger partial charge < -0.3 is 14.6 Å². The van der Waals surface area contributed by atoms with E-state index in [4.69, 9.17) is 4.74 Å². The van der Waals surface area contributed by atoms with Crippen LogP contribution in [0.15, 0.2) is 60.4 Å². The number of amides is 3. The number of hydrogen-bond donors (Lipinski definition) is 1. The van der Waals surface area contributed by atoms with Gasteiger partial charge in [0.2, 0.25) is 0 Å². The van der Waals surface area contributed by atoms with Gasteiger partial charge in [-0.05, 0) is 18.2 Å². The number of halogens is 1. The van der Waals surface area contributed by atoms with Crippen LogP contribution in [0.25, 0.3) is 17.0 Å². The number of nitrogens with zero attached hydrogens (tertiary/aromatic N) is 2. The second-order valence-electron chi connectivity index (χ2n) is 6.78. The van der Waals surface area contributed by atoms with Gasteiger partial charge in [-0.1, -0.05) is 36.4 Å². The van der Waals surface area contributed by atoms with Crippen LogP contribution in [0.2, 0.25) is 0 Å². The minimum absolute atomic E-state index is 0.0138. The molecule has 0 radical (unpaired) electrons. The van der Waals surface area contributed by atoms with Gasteiger partial charge in [-0.3, -0.25) is 14.5 Å². The van der Waals surface area contributed by atoms with Gasteiger partial charge in [0.1, 0.15) is 18.1 Å². The Labute approximate surface area is 171 Å². The maximum Gasteiger partial charge on any atom is 0.329 e. The number of imide groups is 1. The molecule has 1 aliphatic heterocycles. The fourth-order valence-electron chi connectivity index (χ4n) is 3.39. The van der Waals surface area contributed by atoms with Crippen molar-refractivity contribution in [3.05, 3.63) is 77.4 Å². The lowest BCUT2D eigenvalue weighted by Crippen LogP contribution is -2.30. The van der Waals surface area contributed by atoms with Crippen molar-refractivity contribution >= 4 is 34.9 Å². The van der Waals surface area contributed by atoms with E-state index in [0.29, 0.717) is 5.56 Å². The smallest absolute Gasteiger partial charge is 0.329 e. The van der Waals surface area contributed by atoms with Crippen LogP contribution < -0.4 is 5.32 Å². The summed E-state index contributed by atoms with van der Waals surface area (Å²) >= 11 is 0. The minimum Gasteiger partial charge on any atom is -0.468 e. The number of methoxy groups -OCH3 is 1. The summed E-state index contributed by atoms with van der Waals surface area (Å²) in [5, 5.41) is 3.35.